The highest BCUT2D eigenvalue weighted by Gasteiger charge is 2.42. The molecule has 150 heavy (non-hydrogen) atoms. The van der Waals surface area contributed by atoms with Crippen LogP contribution in [0.15, 0.2) is 529 Å². The smallest absolute Gasteiger partial charge is 0.179 e. The van der Waals surface area contributed by atoms with E-state index in [1.54, 1.807) is 28.4 Å². The second-order valence-electron chi connectivity index (χ2n) is 37.0. The van der Waals surface area contributed by atoms with Gasteiger partial charge in [0, 0.05) is 137 Å². The summed E-state index contributed by atoms with van der Waals surface area (Å²) in [5.74, 6) is -1.58. The molecular weight excluding hydrogens is 1920 g/mol. The summed E-state index contributed by atoms with van der Waals surface area (Å²) in [6.45, 7) is 0. The number of fused-ring (bicyclic) bond motifs is 22. The fraction of sp³-hybridized carbons (Fsp3) is 0. The molecule has 0 saturated carbocycles. The topological polar surface area (TPSA) is 71.3 Å². The molecule has 0 aliphatic carbocycles. The number of para-hydroxylation sites is 5. The third kappa shape index (κ3) is 16.0. The maximum Gasteiger partial charge on any atom is 0.179 e. The molecule has 0 spiro atoms. The highest BCUT2D eigenvalue weighted by molar-refractivity contribution is 7.27. The van der Waals surface area contributed by atoms with Gasteiger partial charge in [-0.2, -0.15) is 0 Å². The van der Waals surface area contributed by atoms with Crippen LogP contribution in [-0.2, 0) is 0 Å². The molecule has 15 heteroatoms. The molecule has 0 unspecified atom stereocenters. The summed E-state index contributed by atoms with van der Waals surface area (Å²) < 4.78 is 119. The molecule has 0 radical (unpaired) electrons. The number of aromatic nitrogens is 1. The van der Waals surface area contributed by atoms with Crippen molar-refractivity contribution in [1.29, 1.82) is 0 Å². The molecule has 0 bridgehead atoms. The number of ether oxygens (including phenoxy) is 1. The maximum atomic E-state index is 14.7. The van der Waals surface area contributed by atoms with Gasteiger partial charge < -0.3 is 32.7 Å². The van der Waals surface area contributed by atoms with E-state index >= 15 is 0 Å². The summed E-state index contributed by atoms with van der Waals surface area (Å²) >= 11 is 5.11. The van der Waals surface area contributed by atoms with E-state index in [4.69, 9.17) is 24.8 Å². The molecule has 0 saturated heterocycles. The summed E-state index contributed by atoms with van der Waals surface area (Å²) in [5, 5.41) is 20.4. The van der Waals surface area contributed by atoms with Crippen molar-refractivity contribution in [3.63, 3.8) is 0 Å². The number of hydrogen-bond acceptors (Lipinski definition) is 11. The number of thiophene rings is 3. The van der Waals surface area contributed by atoms with E-state index in [1.807, 2.05) is 139 Å². The van der Waals surface area contributed by atoms with Gasteiger partial charge in [-0.25, -0.2) is 13.2 Å². The molecule has 22 aromatic carbocycles. The van der Waals surface area contributed by atoms with Crippen LogP contribution in [0, 0.1) is 17.5 Å². The van der Waals surface area contributed by atoms with Gasteiger partial charge in [-0.1, -0.05) is 321 Å². The lowest BCUT2D eigenvalue weighted by Gasteiger charge is -2.35. The van der Waals surface area contributed by atoms with E-state index in [-0.39, 0.29) is 11.3 Å². The Morgan fingerprint density at radius 1 is 0.260 bits per heavy atom. The summed E-state index contributed by atoms with van der Waals surface area (Å²) in [7, 11) is -2.73. The Bertz CT molecular complexity index is 10400. The lowest BCUT2D eigenvalue weighted by molar-refractivity contribution is 0.483. The van der Waals surface area contributed by atoms with Crippen molar-refractivity contribution in [1.82, 2.24) is 4.98 Å². The first-order chi connectivity index (χ1) is 76.2. The fourth-order valence-corrected chi connectivity index (χ4v) is 29.9. The molecule has 8 nitrogen and oxygen atoms in total. The standard InChI is InChI=1S/C58H39NOSSi.C41H26N2O2S.C36H20F3NOS/c1-4-18-46(19-5-1)62(47-20-6-2-7-21-47,48-22-8-3-9-23-48)49-36-34-45(35-37-49)59(44-32-30-41(31-33-44)43-29-28-40-16-10-11-17-42(40)38-43)53-39-52-50-24-12-14-26-54(50)60-57(52)56-51-25-13-15-27-55(51)61-58(53)56;1-2-8-31(9-3-1)44-32-20-18-30(19-21-32)43(29-16-14-27(15-17-29)28-22-24-42-25-23-28)36-26-35-33-10-4-6-12-37(33)45-40(35)39-34-11-5-7-13-38(34)46-41(36)39;37-22-18-28(38)33(29(39)19-22)21-14-16-24(17-15-21)40(23-8-2-1-3-9-23)30-20-27-25-10-4-6-12-31(25)41-35(27)34-26-11-5-7-13-32(26)42-36(30)34/h1-39H;1-26H;1-20H/i;;1D,2D,3D,8D,9D. The second kappa shape index (κ2) is 38.2. The molecule has 0 N–H and O–H groups in total. The van der Waals surface area contributed by atoms with Crippen molar-refractivity contribution in [2.75, 3.05) is 14.7 Å². The Kier molecular flexibility index (Phi) is 21.6. The molecule has 7 aromatic heterocycles. The summed E-state index contributed by atoms with van der Waals surface area (Å²) in [6.07, 6.45) is 3.66. The number of pyridine rings is 1. The van der Waals surface area contributed by atoms with Crippen LogP contribution in [0.1, 0.15) is 6.85 Å². The monoisotopic (exact) mass is 2010 g/mol. The first kappa shape index (κ1) is 84.8. The van der Waals surface area contributed by atoms with Gasteiger partial charge in [0.1, 0.15) is 62.4 Å². The number of benzene rings is 22. The number of anilines is 9. The Morgan fingerprint density at radius 2 is 0.580 bits per heavy atom. The van der Waals surface area contributed by atoms with Crippen LogP contribution in [0.3, 0.4) is 0 Å². The summed E-state index contributed by atoms with van der Waals surface area (Å²) in [5.41, 5.74) is 16.6. The third-order valence-electron chi connectivity index (χ3n) is 28.4. The zero-order valence-corrected chi connectivity index (χ0v) is 83.4. The minimum absolute atomic E-state index is 0.103. The van der Waals surface area contributed by atoms with E-state index in [0.29, 0.717) is 34.7 Å². The van der Waals surface area contributed by atoms with E-state index in [1.165, 1.54) is 95.7 Å². The number of furan rings is 3. The van der Waals surface area contributed by atoms with Crippen LogP contribution in [0.5, 0.6) is 11.5 Å². The first-order valence-electron chi connectivity index (χ1n) is 51.9. The van der Waals surface area contributed by atoms with Gasteiger partial charge in [0.15, 0.2) is 8.07 Å². The highest BCUT2D eigenvalue weighted by Crippen LogP contribution is 2.55. The molecule has 0 amide bonds. The van der Waals surface area contributed by atoms with Crippen molar-refractivity contribution in [3.05, 3.63) is 533 Å². The maximum absolute atomic E-state index is 14.7. The van der Waals surface area contributed by atoms with Crippen molar-refractivity contribution >= 4 is 251 Å². The molecule has 0 atom stereocenters. The Balaban J connectivity index is 0.000000115. The van der Waals surface area contributed by atoms with Gasteiger partial charge in [0.25, 0.3) is 0 Å². The molecule has 29 aromatic rings. The number of hydrogen-bond donors (Lipinski definition) is 0. The zero-order valence-electron chi connectivity index (χ0n) is 85.0. The average Bonchev–Trinajstić information content (AvgIpc) is 1.69. The zero-order chi connectivity index (χ0) is 104. The Labute approximate surface area is 880 Å². The lowest BCUT2D eigenvalue weighted by atomic mass is 10.0. The van der Waals surface area contributed by atoms with Gasteiger partial charge in [-0.05, 0) is 229 Å². The number of halogens is 3. The van der Waals surface area contributed by atoms with Gasteiger partial charge in [0.2, 0.25) is 0 Å². The normalized spacial score (nSPS) is 12.2. The van der Waals surface area contributed by atoms with Crippen molar-refractivity contribution in [3.8, 4) is 44.9 Å². The van der Waals surface area contributed by atoms with Crippen LogP contribution in [-0.4, -0.2) is 13.1 Å². The van der Waals surface area contributed by atoms with Gasteiger partial charge in [-0.3, -0.25) is 4.98 Å². The van der Waals surface area contributed by atoms with Gasteiger partial charge in [-0.15, -0.1) is 34.0 Å². The first-order valence-corrected chi connectivity index (χ1v) is 53.8. The van der Waals surface area contributed by atoms with Crippen molar-refractivity contribution < 1.29 is 38.0 Å². The van der Waals surface area contributed by atoms with Crippen LogP contribution in [0.25, 0.3) is 170 Å². The van der Waals surface area contributed by atoms with Crippen LogP contribution >= 0.6 is 34.0 Å². The fourth-order valence-electron chi connectivity index (χ4n) is 21.6. The second-order valence-corrected chi connectivity index (χ2v) is 44.0. The predicted octanol–water partition coefficient (Wildman–Crippen LogP) is 37.4. The van der Waals surface area contributed by atoms with E-state index in [2.05, 4.69) is 336 Å². The van der Waals surface area contributed by atoms with E-state index in [0.717, 1.165) is 142 Å². The number of rotatable bonds is 18. The van der Waals surface area contributed by atoms with Gasteiger partial charge in [0.05, 0.1) is 43.6 Å². The molecule has 0 aliphatic heterocycles. The largest absolute Gasteiger partial charge is 0.457 e. The minimum Gasteiger partial charge on any atom is -0.457 e. The lowest BCUT2D eigenvalue weighted by Crippen LogP contribution is -2.74. The third-order valence-corrected chi connectivity index (χ3v) is 36.7. The SMILES string of the molecule is [2H]c1c([2H])c([2H])c(N(c2ccc(-c3c(F)cc(F)cc3F)cc2)c2cc3c4ccccc4oc3c3c2sc2ccccc23)c([2H])c1[2H].c1ccc(Oc2ccc(N(c3ccc(-c4ccncc4)cc3)c3cc4c5ccccc5oc4c4c3sc3ccccc34)cc2)cc1.c1ccc([Si](c2ccccc2)(c2ccccc2)c2ccc(N(c3ccc(-c4ccc5ccccc5c4)cc3)c3cc4c5ccccc5oc4c4c3sc3ccccc34)cc2)cc1. The average molecular weight is 2010 g/mol. The van der Waals surface area contributed by atoms with Gasteiger partial charge >= 0.3 is 0 Å². The number of nitrogens with zero attached hydrogens (tertiary/aromatic N) is 4. The molecule has 712 valence electrons. The Morgan fingerprint density at radius 3 is 1.01 bits per heavy atom. The predicted molar refractivity (Wildman–Crippen MR) is 625 cm³/mol. The molecule has 0 fully saturated rings. The summed E-state index contributed by atoms with van der Waals surface area (Å²) in [6, 6.07) is 159. The van der Waals surface area contributed by atoms with Crippen molar-refractivity contribution in [2.45, 2.75) is 0 Å². The highest BCUT2D eigenvalue weighted by atomic mass is 32.1. The van der Waals surface area contributed by atoms with E-state index < -0.39 is 61.3 Å². The molecule has 7 heterocycles. The van der Waals surface area contributed by atoms with Crippen LogP contribution in [0.4, 0.5) is 64.4 Å². The van der Waals surface area contributed by atoms with E-state index in [9.17, 15) is 13.2 Å². The minimum atomic E-state index is -2.73. The van der Waals surface area contributed by atoms with Crippen LogP contribution < -0.4 is 40.2 Å². The quantitative estimate of drug-likeness (QED) is 0.0622. The molecular formula is C135H85F3N4O4S3Si. The Hall–Kier alpha value is -18.5. The summed E-state index contributed by atoms with van der Waals surface area (Å²) in [4.78, 5) is 10.6. The molecule has 29 rings (SSSR count). The van der Waals surface area contributed by atoms with Crippen LogP contribution in [0.2, 0.25) is 0 Å². The molecule has 0 aliphatic rings. The van der Waals surface area contributed by atoms with Crippen molar-refractivity contribution in [2.24, 2.45) is 0 Å².